The minimum atomic E-state index is 0.651. The first-order chi connectivity index (χ1) is 10.4. The second-order valence-corrected chi connectivity index (χ2v) is 6.72. The number of rotatable bonds is 4. The molecule has 0 bridgehead atoms. The predicted molar refractivity (Wildman–Crippen MR) is 89.6 cm³/mol. The third-order valence-corrected chi connectivity index (χ3v) is 5.37. The molecule has 1 atom stereocenters. The summed E-state index contributed by atoms with van der Waals surface area (Å²) in [7, 11) is 0. The van der Waals surface area contributed by atoms with Gasteiger partial charge in [0.1, 0.15) is 0 Å². The summed E-state index contributed by atoms with van der Waals surface area (Å²) in [4.78, 5) is 2.74. The zero-order valence-corrected chi connectivity index (χ0v) is 13.5. The molecular weight excluding hydrogens is 256 g/mol. The van der Waals surface area contributed by atoms with E-state index in [1.54, 1.807) is 5.56 Å². The second-order valence-electron chi connectivity index (χ2n) is 6.72. The normalized spacial score (nSPS) is 23.1. The van der Waals surface area contributed by atoms with Crippen LogP contribution >= 0.6 is 0 Å². The van der Waals surface area contributed by atoms with Gasteiger partial charge in [-0.1, -0.05) is 50.5 Å². The summed E-state index contributed by atoms with van der Waals surface area (Å²) in [5, 5.41) is 3.50. The highest BCUT2D eigenvalue weighted by atomic mass is 15.2. The van der Waals surface area contributed by atoms with Crippen LogP contribution in [0.15, 0.2) is 24.3 Å². The van der Waals surface area contributed by atoms with E-state index in [0.29, 0.717) is 6.04 Å². The van der Waals surface area contributed by atoms with Crippen LogP contribution in [-0.4, -0.2) is 31.1 Å². The molecule has 1 aromatic carbocycles. The van der Waals surface area contributed by atoms with E-state index < -0.39 is 0 Å². The summed E-state index contributed by atoms with van der Waals surface area (Å²) in [5.41, 5.74) is 3.02. The van der Waals surface area contributed by atoms with E-state index in [4.69, 9.17) is 0 Å². The molecule has 0 spiro atoms. The highest BCUT2D eigenvalue weighted by molar-refractivity contribution is 5.26. The van der Waals surface area contributed by atoms with Gasteiger partial charge in [0.2, 0.25) is 0 Å². The Hall–Kier alpha value is -0.860. The Morgan fingerprint density at radius 1 is 1.05 bits per heavy atom. The molecule has 1 saturated carbocycles. The molecule has 0 aromatic heterocycles. The molecule has 21 heavy (non-hydrogen) atoms. The highest BCUT2D eigenvalue weighted by Gasteiger charge is 2.30. The van der Waals surface area contributed by atoms with Crippen molar-refractivity contribution in [3.05, 3.63) is 35.4 Å². The summed E-state index contributed by atoms with van der Waals surface area (Å²) in [6, 6.07) is 10.1. The topological polar surface area (TPSA) is 15.3 Å². The van der Waals surface area contributed by atoms with Crippen molar-refractivity contribution in [1.82, 2.24) is 10.2 Å². The Morgan fingerprint density at radius 2 is 1.71 bits per heavy atom. The molecule has 2 heteroatoms. The molecule has 1 aliphatic carbocycles. The molecule has 1 N–H and O–H groups in total. The molecule has 1 aliphatic heterocycles. The summed E-state index contributed by atoms with van der Waals surface area (Å²) < 4.78 is 0. The van der Waals surface area contributed by atoms with Gasteiger partial charge in [0.05, 0.1) is 0 Å². The van der Waals surface area contributed by atoms with Crippen LogP contribution in [0.5, 0.6) is 0 Å². The number of hydrogen-bond acceptors (Lipinski definition) is 2. The zero-order valence-electron chi connectivity index (χ0n) is 13.5. The molecule has 0 radical (unpaired) electrons. The Bertz CT molecular complexity index is 396. The van der Waals surface area contributed by atoms with Crippen LogP contribution < -0.4 is 5.32 Å². The van der Waals surface area contributed by atoms with Gasteiger partial charge < -0.3 is 5.32 Å². The molecule has 1 saturated heterocycles. The monoisotopic (exact) mass is 286 g/mol. The lowest BCUT2D eigenvalue weighted by Gasteiger charge is -2.41. The molecule has 1 aromatic rings. The highest BCUT2D eigenvalue weighted by Crippen LogP contribution is 2.38. The third kappa shape index (κ3) is 3.67. The minimum Gasteiger partial charge on any atom is -0.314 e. The maximum absolute atomic E-state index is 3.50. The first-order valence-electron chi connectivity index (χ1n) is 8.92. The molecule has 116 valence electrons. The predicted octanol–water partition coefficient (Wildman–Crippen LogP) is 3.78. The van der Waals surface area contributed by atoms with Crippen molar-refractivity contribution in [2.24, 2.45) is 5.92 Å². The van der Waals surface area contributed by atoms with Crippen molar-refractivity contribution in [3.63, 3.8) is 0 Å². The average molecular weight is 286 g/mol. The molecule has 2 fully saturated rings. The number of benzene rings is 1. The van der Waals surface area contributed by atoms with Crippen molar-refractivity contribution < 1.29 is 0 Å². The van der Waals surface area contributed by atoms with E-state index in [1.165, 1.54) is 50.8 Å². The van der Waals surface area contributed by atoms with E-state index in [9.17, 15) is 0 Å². The van der Waals surface area contributed by atoms with Gasteiger partial charge in [0.15, 0.2) is 0 Å². The fraction of sp³-hybridized carbons (Fsp3) is 0.684. The van der Waals surface area contributed by atoms with Crippen molar-refractivity contribution in [2.45, 2.75) is 51.5 Å². The lowest BCUT2D eigenvalue weighted by molar-refractivity contribution is 0.103. The molecule has 2 aliphatic rings. The fourth-order valence-corrected chi connectivity index (χ4v) is 4.14. The van der Waals surface area contributed by atoms with Crippen molar-refractivity contribution in [1.29, 1.82) is 0 Å². The Kier molecular flexibility index (Phi) is 5.32. The molecule has 0 unspecified atom stereocenters. The second kappa shape index (κ2) is 7.42. The lowest BCUT2D eigenvalue weighted by Crippen LogP contribution is -2.47. The maximum Gasteiger partial charge on any atom is 0.0377 e. The third-order valence-electron chi connectivity index (χ3n) is 5.37. The van der Waals surface area contributed by atoms with Gasteiger partial charge in [-0.05, 0) is 36.3 Å². The van der Waals surface area contributed by atoms with E-state index in [2.05, 4.69) is 41.4 Å². The number of piperazine rings is 1. The quantitative estimate of drug-likeness (QED) is 0.906. The minimum absolute atomic E-state index is 0.651. The van der Waals surface area contributed by atoms with Gasteiger partial charge in [0, 0.05) is 32.2 Å². The smallest absolute Gasteiger partial charge is 0.0377 e. The van der Waals surface area contributed by atoms with Crippen LogP contribution in [0.4, 0.5) is 0 Å². The number of nitrogens with one attached hydrogen (secondary N) is 1. The first kappa shape index (κ1) is 15.1. The molecule has 2 nitrogen and oxygen atoms in total. The van der Waals surface area contributed by atoms with Crippen LogP contribution in [0, 0.1) is 5.92 Å². The molecular formula is C19H30N2. The Balaban J connectivity index is 1.82. The molecule has 0 amide bonds. The van der Waals surface area contributed by atoms with Crippen molar-refractivity contribution in [2.75, 3.05) is 26.2 Å². The number of hydrogen-bond donors (Lipinski definition) is 1. The average Bonchev–Trinajstić information content (AvgIpc) is 2.58. The van der Waals surface area contributed by atoms with Gasteiger partial charge >= 0.3 is 0 Å². The van der Waals surface area contributed by atoms with E-state index >= 15 is 0 Å². The summed E-state index contributed by atoms with van der Waals surface area (Å²) in [6.07, 6.45) is 8.29. The molecule has 1 heterocycles. The maximum atomic E-state index is 3.50. The van der Waals surface area contributed by atoms with Gasteiger partial charge in [-0.15, -0.1) is 0 Å². The standard InChI is InChI=1S/C19H30N2/c1-2-16-8-10-18(11-9-16)19(17-6-4-3-5-7-17)21-14-12-20-13-15-21/h8-11,17,19-20H,2-7,12-15H2,1H3/t19-/m0/s1. The summed E-state index contributed by atoms with van der Waals surface area (Å²) in [6.45, 7) is 6.95. The van der Waals surface area contributed by atoms with E-state index in [1.807, 2.05) is 0 Å². The first-order valence-corrected chi connectivity index (χ1v) is 8.92. The summed E-state index contributed by atoms with van der Waals surface area (Å²) in [5.74, 6) is 0.865. The molecule has 3 rings (SSSR count). The number of aryl methyl sites for hydroxylation is 1. The summed E-state index contributed by atoms with van der Waals surface area (Å²) >= 11 is 0. The van der Waals surface area contributed by atoms with Crippen LogP contribution in [0.1, 0.15) is 56.2 Å². The van der Waals surface area contributed by atoms with Crippen LogP contribution in [-0.2, 0) is 6.42 Å². The fourth-order valence-electron chi connectivity index (χ4n) is 4.14. The largest absolute Gasteiger partial charge is 0.314 e. The van der Waals surface area contributed by atoms with Crippen LogP contribution in [0.3, 0.4) is 0 Å². The van der Waals surface area contributed by atoms with Crippen molar-refractivity contribution in [3.8, 4) is 0 Å². The van der Waals surface area contributed by atoms with E-state index in [-0.39, 0.29) is 0 Å². The van der Waals surface area contributed by atoms with Gasteiger partial charge in [0.25, 0.3) is 0 Å². The lowest BCUT2D eigenvalue weighted by atomic mass is 9.80. The van der Waals surface area contributed by atoms with Gasteiger partial charge in [-0.25, -0.2) is 0 Å². The van der Waals surface area contributed by atoms with Gasteiger partial charge in [-0.2, -0.15) is 0 Å². The Labute approximate surface area is 129 Å². The Morgan fingerprint density at radius 3 is 2.33 bits per heavy atom. The van der Waals surface area contributed by atoms with E-state index in [0.717, 1.165) is 25.4 Å². The van der Waals surface area contributed by atoms with Crippen molar-refractivity contribution >= 4 is 0 Å². The van der Waals surface area contributed by atoms with Gasteiger partial charge in [-0.3, -0.25) is 4.90 Å². The zero-order chi connectivity index (χ0) is 14.5. The van der Waals surface area contributed by atoms with Crippen LogP contribution in [0.2, 0.25) is 0 Å². The SMILES string of the molecule is CCc1ccc([C@H](C2CCCCC2)N2CCNCC2)cc1. The number of nitrogens with zero attached hydrogens (tertiary/aromatic N) is 1. The van der Waals surface area contributed by atoms with Crippen LogP contribution in [0.25, 0.3) is 0 Å².